The third-order valence-electron chi connectivity index (χ3n) is 2.84. The van der Waals surface area contributed by atoms with E-state index in [-0.39, 0.29) is 17.8 Å². The Balaban J connectivity index is 2.89. The maximum absolute atomic E-state index is 13.5. The third-order valence-corrected chi connectivity index (χ3v) is 3.68. The van der Waals surface area contributed by atoms with E-state index in [1.807, 2.05) is 6.07 Å². The summed E-state index contributed by atoms with van der Waals surface area (Å²) in [6.07, 6.45) is 0.855. The SMILES string of the molecule is COCCC(C)C(NN)c1cccc(F)c1Br. The van der Waals surface area contributed by atoms with Crippen LogP contribution >= 0.6 is 15.9 Å². The van der Waals surface area contributed by atoms with E-state index in [1.165, 1.54) is 6.07 Å². The number of nitrogens with two attached hydrogens (primary N) is 1. The summed E-state index contributed by atoms with van der Waals surface area (Å²) < 4.78 is 19.0. The molecule has 3 N–H and O–H groups in total. The molecule has 0 saturated carbocycles. The van der Waals surface area contributed by atoms with Gasteiger partial charge in [-0.3, -0.25) is 11.3 Å². The number of halogens is 2. The molecule has 0 aliphatic carbocycles. The van der Waals surface area contributed by atoms with Crippen LogP contribution in [-0.2, 0) is 4.74 Å². The van der Waals surface area contributed by atoms with E-state index in [2.05, 4.69) is 28.3 Å². The number of nitrogens with one attached hydrogen (secondary N) is 1. The number of hydrogen-bond acceptors (Lipinski definition) is 3. The normalized spacial score (nSPS) is 14.6. The fraction of sp³-hybridized carbons (Fsp3) is 0.500. The molecular weight excluding hydrogens is 287 g/mol. The number of benzene rings is 1. The number of rotatable bonds is 6. The standard InChI is InChI=1S/C12H18BrFN2O/c1-8(6-7-17-2)12(16-15)9-4-3-5-10(14)11(9)13/h3-5,8,12,16H,6-7,15H2,1-2H3. The van der Waals surface area contributed by atoms with Gasteiger partial charge in [-0.15, -0.1) is 0 Å². The maximum Gasteiger partial charge on any atom is 0.137 e. The van der Waals surface area contributed by atoms with Gasteiger partial charge in [0.05, 0.1) is 4.47 Å². The largest absolute Gasteiger partial charge is 0.385 e. The Morgan fingerprint density at radius 1 is 1.53 bits per heavy atom. The second kappa shape index (κ2) is 7.06. The molecule has 0 aliphatic rings. The maximum atomic E-state index is 13.5. The van der Waals surface area contributed by atoms with Crippen molar-refractivity contribution < 1.29 is 9.13 Å². The second-order valence-corrected chi connectivity index (χ2v) is 4.84. The summed E-state index contributed by atoms with van der Waals surface area (Å²) in [6, 6.07) is 4.86. The minimum absolute atomic E-state index is 0.102. The van der Waals surface area contributed by atoms with E-state index in [1.54, 1.807) is 13.2 Å². The fourth-order valence-corrected chi connectivity index (χ4v) is 2.30. The van der Waals surface area contributed by atoms with Crippen molar-refractivity contribution >= 4 is 15.9 Å². The van der Waals surface area contributed by atoms with Crippen molar-refractivity contribution in [3.8, 4) is 0 Å². The fourth-order valence-electron chi connectivity index (χ4n) is 1.79. The van der Waals surface area contributed by atoms with Gasteiger partial charge in [-0.2, -0.15) is 0 Å². The van der Waals surface area contributed by atoms with Crippen molar-refractivity contribution in [1.29, 1.82) is 0 Å². The zero-order chi connectivity index (χ0) is 12.8. The molecule has 1 aromatic rings. The summed E-state index contributed by atoms with van der Waals surface area (Å²) in [4.78, 5) is 0. The van der Waals surface area contributed by atoms with Gasteiger partial charge in [0, 0.05) is 19.8 Å². The lowest BCUT2D eigenvalue weighted by Gasteiger charge is -2.24. The summed E-state index contributed by atoms with van der Waals surface area (Å²) >= 11 is 3.26. The lowest BCUT2D eigenvalue weighted by Crippen LogP contribution is -2.33. The summed E-state index contributed by atoms with van der Waals surface area (Å²) in [5.74, 6) is 5.53. The lowest BCUT2D eigenvalue weighted by atomic mass is 9.92. The van der Waals surface area contributed by atoms with Gasteiger partial charge in [0.1, 0.15) is 5.82 Å². The quantitative estimate of drug-likeness (QED) is 0.627. The van der Waals surface area contributed by atoms with Gasteiger partial charge in [-0.25, -0.2) is 4.39 Å². The lowest BCUT2D eigenvalue weighted by molar-refractivity contribution is 0.170. The van der Waals surface area contributed by atoms with Crippen molar-refractivity contribution in [2.45, 2.75) is 19.4 Å². The van der Waals surface area contributed by atoms with Crippen molar-refractivity contribution in [2.24, 2.45) is 11.8 Å². The molecular formula is C12H18BrFN2O. The molecule has 1 aromatic carbocycles. The third kappa shape index (κ3) is 3.74. The molecule has 0 saturated heterocycles. The molecule has 0 radical (unpaired) electrons. The predicted molar refractivity (Wildman–Crippen MR) is 69.8 cm³/mol. The summed E-state index contributed by atoms with van der Waals surface area (Å²) in [7, 11) is 1.66. The Bertz CT molecular complexity index is 362. The molecule has 0 aliphatic heterocycles. The highest BCUT2D eigenvalue weighted by Gasteiger charge is 2.21. The molecule has 1 rings (SSSR count). The van der Waals surface area contributed by atoms with Crippen molar-refractivity contribution in [2.75, 3.05) is 13.7 Å². The Morgan fingerprint density at radius 3 is 2.82 bits per heavy atom. The smallest absolute Gasteiger partial charge is 0.137 e. The Morgan fingerprint density at radius 2 is 2.24 bits per heavy atom. The van der Waals surface area contributed by atoms with E-state index >= 15 is 0 Å². The zero-order valence-electron chi connectivity index (χ0n) is 10.0. The predicted octanol–water partition coefficient (Wildman–Crippen LogP) is 2.77. The number of methoxy groups -OCH3 is 1. The first-order valence-corrected chi connectivity index (χ1v) is 6.30. The molecule has 0 heterocycles. The number of hydrogen-bond donors (Lipinski definition) is 2. The Hall–Kier alpha value is -0.490. The van der Waals surface area contributed by atoms with Crippen LogP contribution in [0.1, 0.15) is 24.9 Å². The molecule has 96 valence electrons. The monoisotopic (exact) mass is 304 g/mol. The molecule has 0 aromatic heterocycles. The van der Waals surface area contributed by atoms with Gasteiger partial charge in [-0.05, 0) is 39.9 Å². The van der Waals surface area contributed by atoms with Crippen LogP contribution in [0.4, 0.5) is 4.39 Å². The molecule has 0 fully saturated rings. The van der Waals surface area contributed by atoms with E-state index in [9.17, 15) is 4.39 Å². The minimum atomic E-state index is -0.276. The average molecular weight is 305 g/mol. The van der Waals surface area contributed by atoms with Crippen molar-refractivity contribution in [1.82, 2.24) is 5.43 Å². The highest BCUT2D eigenvalue weighted by atomic mass is 79.9. The first kappa shape index (κ1) is 14.6. The van der Waals surface area contributed by atoms with Crippen LogP contribution in [0.25, 0.3) is 0 Å². The highest BCUT2D eigenvalue weighted by Crippen LogP contribution is 2.31. The molecule has 2 unspecified atom stereocenters. The van der Waals surface area contributed by atoms with Crippen LogP contribution in [0.3, 0.4) is 0 Å². The molecule has 0 amide bonds. The Labute approximate surface area is 110 Å². The minimum Gasteiger partial charge on any atom is -0.385 e. The second-order valence-electron chi connectivity index (χ2n) is 4.05. The topological polar surface area (TPSA) is 47.3 Å². The van der Waals surface area contributed by atoms with Gasteiger partial charge >= 0.3 is 0 Å². The number of ether oxygens (including phenoxy) is 1. The van der Waals surface area contributed by atoms with Gasteiger partial charge in [-0.1, -0.05) is 19.1 Å². The zero-order valence-corrected chi connectivity index (χ0v) is 11.6. The van der Waals surface area contributed by atoms with E-state index in [0.29, 0.717) is 11.1 Å². The first-order valence-electron chi connectivity index (χ1n) is 5.50. The van der Waals surface area contributed by atoms with Crippen LogP contribution in [0.15, 0.2) is 22.7 Å². The molecule has 2 atom stereocenters. The van der Waals surface area contributed by atoms with Gasteiger partial charge in [0.15, 0.2) is 0 Å². The Kier molecular flexibility index (Phi) is 6.05. The van der Waals surface area contributed by atoms with Crippen LogP contribution in [0.2, 0.25) is 0 Å². The summed E-state index contributed by atoms with van der Waals surface area (Å²) in [5, 5.41) is 0. The van der Waals surface area contributed by atoms with Crippen molar-refractivity contribution in [3.63, 3.8) is 0 Å². The van der Waals surface area contributed by atoms with Gasteiger partial charge < -0.3 is 4.74 Å². The molecule has 0 spiro atoms. The average Bonchev–Trinajstić information content (AvgIpc) is 2.32. The van der Waals surface area contributed by atoms with Crippen LogP contribution in [0, 0.1) is 11.7 Å². The van der Waals surface area contributed by atoms with Gasteiger partial charge in [0.2, 0.25) is 0 Å². The van der Waals surface area contributed by atoms with E-state index in [0.717, 1.165) is 12.0 Å². The molecule has 5 heteroatoms. The highest BCUT2D eigenvalue weighted by molar-refractivity contribution is 9.10. The summed E-state index contributed by atoms with van der Waals surface area (Å²) in [5.41, 5.74) is 3.57. The first-order chi connectivity index (χ1) is 8.11. The van der Waals surface area contributed by atoms with E-state index < -0.39 is 0 Å². The van der Waals surface area contributed by atoms with Gasteiger partial charge in [0.25, 0.3) is 0 Å². The molecule has 0 bridgehead atoms. The molecule has 17 heavy (non-hydrogen) atoms. The van der Waals surface area contributed by atoms with Crippen molar-refractivity contribution in [3.05, 3.63) is 34.1 Å². The van der Waals surface area contributed by atoms with Crippen LogP contribution in [-0.4, -0.2) is 13.7 Å². The molecule has 3 nitrogen and oxygen atoms in total. The van der Waals surface area contributed by atoms with Crippen LogP contribution < -0.4 is 11.3 Å². The summed E-state index contributed by atoms with van der Waals surface area (Å²) in [6.45, 7) is 2.72. The van der Waals surface area contributed by atoms with E-state index in [4.69, 9.17) is 10.6 Å². The van der Waals surface area contributed by atoms with Crippen LogP contribution in [0.5, 0.6) is 0 Å². The number of hydrazine groups is 1.